The summed E-state index contributed by atoms with van der Waals surface area (Å²) >= 11 is 0. The second kappa shape index (κ2) is 10.4. The van der Waals surface area contributed by atoms with Gasteiger partial charge in [0.1, 0.15) is 0 Å². The summed E-state index contributed by atoms with van der Waals surface area (Å²) in [7, 11) is 0. The normalized spacial score (nSPS) is 13.0. The van der Waals surface area contributed by atoms with Gasteiger partial charge in [0.05, 0.1) is 0 Å². The van der Waals surface area contributed by atoms with Gasteiger partial charge in [0.25, 0.3) is 0 Å². The molecule has 0 N–H and O–H groups in total. The second-order valence-corrected chi connectivity index (χ2v) is 5.38. The quantitative estimate of drug-likeness (QED) is 0.539. The molecule has 1 heteroatoms. The van der Waals surface area contributed by atoms with E-state index < -0.39 is 0 Å². The fraction of sp³-hybridized carbons (Fsp3) is 0.273. The Morgan fingerprint density at radius 3 is 2.30 bits per heavy atom. The Balaban J connectivity index is 3.14. The molecule has 1 rings (SSSR count). The van der Waals surface area contributed by atoms with Crippen LogP contribution in [0.5, 0.6) is 0 Å². The fourth-order valence-electron chi connectivity index (χ4n) is 2.25. The molecule has 23 heavy (non-hydrogen) atoms. The van der Waals surface area contributed by atoms with E-state index in [4.69, 9.17) is 0 Å². The van der Waals surface area contributed by atoms with Gasteiger partial charge in [-0.05, 0) is 51.0 Å². The van der Waals surface area contributed by atoms with Crippen LogP contribution >= 0.6 is 0 Å². The van der Waals surface area contributed by atoms with Crippen molar-refractivity contribution in [1.29, 1.82) is 0 Å². The lowest BCUT2D eigenvalue weighted by atomic mass is 10.1. The lowest BCUT2D eigenvalue weighted by molar-refractivity contribution is 0.395. The summed E-state index contributed by atoms with van der Waals surface area (Å²) in [5.41, 5.74) is 4.81. The minimum atomic E-state index is 0.981. The molecule has 0 unspecified atom stereocenters. The lowest BCUT2D eigenvalue weighted by Gasteiger charge is -2.22. The van der Waals surface area contributed by atoms with Crippen molar-refractivity contribution in [1.82, 2.24) is 4.90 Å². The van der Waals surface area contributed by atoms with E-state index in [-0.39, 0.29) is 0 Å². The summed E-state index contributed by atoms with van der Waals surface area (Å²) in [6.07, 6.45) is 14.6. The number of likely N-dealkylation sites (N-methyl/N-ethyl adjacent to an activating group) is 1. The number of aryl methyl sites for hydroxylation is 1. The van der Waals surface area contributed by atoms with Crippen molar-refractivity contribution in [3.8, 4) is 0 Å². The Labute approximate surface area is 142 Å². The highest BCUT2D eigenvalue weighted by Gasteiger charge is 2.02. The molecule has 1 nitrogen and oxygen atoms in total. The Bertz CT molecular complexity index is 593. The van der Waals surface area contributed by atoms with Crippen LogP contribution in [-0.2, 0) is 0 Å². The zero-order valence-electron chi connectivity index (χ0n) is 14.9. The standard InChI is InChI=1S/C22H29N/c1-6-10-11-20(7-2)18-22(23(8-3)9-4)17-16-21-14-12-19(5)13-15-21/h6-7,10-18H,2,8-9H2,1,3-5H3/b10-6-,17-16+,20-11+,22-18-. The van der Waals surface area contributed by atoms with Crippen LogP contribution in [0, 0.1) is 6.92 Å². The summed E-state index contributed by atoms with van der Waals surface area (Å²) in [4.78, 5) is 2.34. The molecule has 0 spiro atoms. The third-order valence-corrected chi connectivity index (χ3v) is 3.68. The van der Waals surface area contributed by atoms with Gasteiger partial charge in [0.2, 0.25) is 0 Å². The maximum absolute atomic E-state index is 3.92. The predicted octanol–water partition coefficient (Wildman–Crippen LogP) is 5.92. The zero-order chi connectivity index (χ0) is 17.1. The van der Waals surface area contributed by atoms with E-state index in [9.17, 15) is 0 Å². The zero-order valence-corrected chi connectivity index (χ0v) is 14.9. The summed E-state index contributed by atoms with van der Waals surface area (Å²) in [5.74, 6) is 0. The highest BCUT2D eigenvalue weighted by Crippen LogP contribution is 2.14. The average Bonchev–Trinajstić information content (AvgIpc) is 2.58. The van der Waals surface area contributed by atoms with Crippen LogP contribution in [-0.4, -0.2) is 18.0 Å². The van der Waals surface area contributed by atoms with E-state index in [1.807, 2.05) is 25.2 Å². The van der Waals surface area contributed by atoms with Crippen LogP contribution in [0.1, 0.15) is 31.9 Å². The van der Waals surface area contributed by atoms with Gasteiger partial charge in [0.15, 0.2) is 0 Å². The molecule has 1 aromatic carbocycles. The summed E-state index contributed by atoms with van der Waals surface area (Å²) in [6, 6.07) is 8.58. The highest BCUT2D eigenvalue weighted by atomic mass is 15.1. The van der Waals surface area contributed by atoms with E-state index >= 15 is 0 Å². The summed E-state index contributed by atoms with van der Waals surface area (Å²) in [6.45, 7) is 14.4. The summed E-state index contributed by atoms with van der Waals surface area (Å²) < 4.78 is 0. The minimum absolute atomic E-state index is 0.981. The molecule has 0 aliphatic rings. The van der Waals surface area contributed by atoms with Gasteiger partial charge in [-0.15, -0.1) is 0 Å². The number of nitrogens with zero attached hydrogens (tertiary/aromatic N) is 1. The second-order valence-electron chi connectivity index (χ2n) is 5.38. The van der Waals surface area contributed by atoms with Crippen LogP contribution in [0.2, 0.25) is 0 Å². The van der Waals surface area contributed by atoms with Gasteiger partial charge in [-0.1, -0.05) is 66.8 Å². The monoisotopic (exact) mass is 307 g/mol. The number of hydrogen-bond acceptors (Lipinski definition) is 1. The molecular formula is C22H29N. The molecule has 0 atom stereocenters. The van der Waals surface area contributed by atoms with Gasteiger partial charge in [-0.25, -0.2) is 0 Å². The van der Waals surface area contributed by atoms with E-state index in [1.54, 1.807) is 0 Å². The molecule has 0 saturated carbocycles. The highest BCUT2D eigenvalue weighted by molar-refractivity contribution is 5.54. The molecule has 122 valence electrons. The molecule has 0 saturated heterocycles. The van der Waals surface area contributed by atoms with Gasteiger partial charge in [-0.3, -0.25) is 0 Å². The molecule has 0 heterocycles. The van der Waals surface area contributed by atoms with Gasteiger partial charge < -0.3 is 4.90 Å². The smallest absolute Gasteiger partial charge is 0.0372 e. The molecule has 0 aromatic heterocycles. The Morgan fingerprint density at radius 1 is 1.13 bits per heavy atom. The molecule has 1 aromatic rings. The number of hydrogen-bond donors (Lipinski definition) is 0. The van der Waals surface area contributed by atoms with Crippen molar-refractivity contribution >= 4 is 6.08 Å². The van der Waals surface area contributed by atoms with Crippen molar-refractivity contribution in [2.45, 2.75) is 27.7 Å². The number of allylic oxidation sites excluding steroid dienone is 7. The third kappa shape index (κ3) is 6.56. The molecule has 0 amide bonds. The SMILES string of the molecule is C=CC(/C=C(/C=C/c1ccc(C)cc1)N(CC)CC)=C\C=C/C. The van der Waals surface area contributed by atoms with Crippen molar-refractivity contribution < 1.29 is 0 Å². The first-order valence-electron chi connectivity index (χ1n) is 8.31. The van der Waals surface area contributed by atoms with Crippen LogP contribution in [0.4, 0.5) is 0 Å². The molecule has 0 fully saturated rings. The van der Waals surface area contributed by atoms with Gasteiger partial charge >= 0.3 is 0 Å². The fourth-order valence-corrected chi connectivity index (χ4v) is 2.25. The maximum Gasteiger partial charge on any atom is 0.0372 e. The molecular weight excluding hydrogens is 278 g/mol. The third-order valence-electron chi connectivity index (χ3n) is 3.68. The predicted molar refractivity (Wildman–Crippen MR) is 104 cm³/mol. The first kappa shape index (κ1) is 18.8. The van der Waals surface area contributed by atoms with Crippen molar-refractivity contribution in [2.24, 2.45) is 0 Å². The topological polar surface area (TPSA) is 3.24 Å². The van der Waals surface area contributed by atoms with Crippen molar-refractivity contribution in [2.75, 3.05) is 13.1 Å². The lowest BCUT2D eigenvalue weighted by Crippen LogP contribution is -2.21. The van der Waals surface area contributed by atoms with Crippen LogP contribution in [0.25, 0.3) is 6.08 Å². The van der Waals surface area contributed by atoms with Crippen molar-refractivity contribution in [3.63, 3.8) is 0 Å². The van der Waals surface area contributed by atoms with Gasteiger partial charge in [-0.2, -0.15) is 0 Å². The molecule has 0 aliphatic heterocycles. The van der Waals surface area contributed by atoms with Crippen molar-refractivity contribution in [3.05, 3.63) is 89.7 Å². The molecule has 0 radical (unpaired) electrons. The first-order valence-corrected chi connectivity index (χ1v) is 8.31. The van der Waals surface area contributed by atoms with Crippen LogP contribution in [0.15, 0.2) is 78.6 Å². The molecule has 0 aliphatic carbocycles. The average molecular weight is 307 g/mol. The van der Waals surface area contributed by atoms with Crippen LogP contribution in [0.3, 0.4) is 0 Å². The van der Waals surface area contributed by atoms with Gasteiger partial charge in [0, 0.05) is 18.8 Å². The number of rotatable bonds is 8. The van der Waals surface area contributed by atoms with E-state index in [1.165, 1.54) is 16.8 Å². The Kier molecular flexibility index (Phi) is 8.52. The Hall–Kier alpha value is -2.28. The molecule has 0 bridgehead atoms. The van der Waals surface area contributed by atoms with E-state index in [0.29, 0.717) is 0 Å². The summed E-state index contributed by atoms with van der Waals surface area (Å²) in [5, 5.41) is 0. The first-order chi connectivity index (χ1) is 11.1. The minimum Gasteiger partial charge on any atom is -0.372 e. The van der Waals surface area contributed by atoms with E-state index in [2.05, 4.69) is 80.8 Å². The Morgan fingerprint density at radius 2 is 1.78 bits per heavy atom. The number of benzene rings is 1. The van der Waals surface area contributed by atoms with E-state index in [0.717, 1.165) is 18.7 Å². The van der Waals surface area contributed by atoms with Crippen LogP contribution < -0.4 is 0 Å². The largest absolute Gasteiger partial charge is 0.372 e. The maximum atomic E-state index is 3.92.